The number of pyridine rings is 1. The standard InChI is InChI=1S/C22H18ClFN2O4/c1-13(14-2-4-15(5-3-14)22(28)29)26-21(27)19-10-17(24)11-25-20(19)12-30-18-8-6-16(23)7-9-18/h2-11,13H,12H2,1H3,(H,26,27)(H,28,29)/t13-/m0/s1. The Kier molecular flexibility index (Phi) is 6.64. The minimum atomic E-state index is -1.03. The molecule has 30 heavy (non-hydrogen) atoms. The number of rotatable bonds is 7. The summed E-state index contributed by atoms with van der Waals surface area (Å²) in [5.41, 5.74) is 1.18. The second kappa shape index (κ2) is 9.37. The van der Waals surface area contributed by atoms with Gasteiger partial charge in [0.2, 0.25) is 0 Å². The van der Waals surface area contributed by atoms with Crippen molar-refractivity contribution in [2.24, 2.45) is 0 Å². The van der Waals surface area contributed by atoms with E-state index in [2.05, 4.69) is 10.3 Å². The van der Waals surface area contributed by atoms with Crippen LogP contribution in [0.3, 0.4) is 0 Å². The summed E-state index contributed by atoms with van der Waals surface area (Å²) in [4.78, 5) is 27.7. The Bertz CT molecular complexity index is 1060. The van der Waals surface area contributed by atoms with Crippen LogP contribution in [0.25, 0.3) is 0 Å². The smallest absolute Gasteiger partial charge is 0.335 e. The maximum Gasteiger partial charge on any atom is 0.335 e. The third-order valence-electron chi connectivity index (χ3n) is 4.38. The second-order valence-corrected chi connectivity index (χ2v) is 6.95. The number of carboxylic acid groups (broad SMARTS) is 1. The van der Waals surface area contributed by atoms with E-state index in [4.69, 9.17) is 21.4 Å². The average molecular weight is 429 g/mol. The summed E-state index contributed by atoms with van der Waals surface area (Å²) in [6.45, 7) is 1.70. The van der Waals surface area contributed by atoms with Crippen LogP contribution in [0.15, 0.2) is 60.8 Å². The Hall–Kier alpha value is -3.45. The van der Waals surface area contributed by atoms with E-state index >= 15 is 0 Å². The quantitative estimate of drug-likeness (QED) is 0.572. The van der Waals surface area contributed by atoms with Crippen LogP contribution in [0.5, 0.6) is 5.75 Å². The Morgan fingerprint density at radius 1 is 1.17 bits per heavy atom. The number of hydrogen-bond acceptors (Lipinski definition) is 4. The molecule has 1 heterocycles. The number of amides is 1. The van der Waals surface area contributed by atoms with Gasteiger partial charge >= 0.3 is 5.97 Å². The molecule has 0 aliphatic carbocycles. The summed E-state index contributed by atoms with van der Waals surface area (Å²) < 4.78 is 19.4. The molecule has 0 saturated heterocycles. The van der Waals surface area contributed by atoms with Gasteiger partial charge in [0.05, 0.1) is 29.1 Å². The molecule has 0 fully saturated rings. The van der Waals surface area contributed by atoms with Gasteiger partial charge in [-0.25, -0.2) is 9.18 Å². The normalized spacial score (nSPS) is 11.6. The van der Waals surface area contributed by atoms with Gasteiger partial charge in [0.1, 0.15) is 18.2 Å². The van der Waals surface area contributed by atoms with Crippen LogP contribution >= 0.6 is 11.6 Å². The van der Waals surface area contributed by atoms with Crippen molar-refractivity contribution in [3.8, 4) is 5.75 Å². The number of halogens is 2. The van der Waals surface area contributed by atoms with Gasteiger partial charge in [0, 0.05) is 5.02 Å². The van der Waals surface area contributed by atoms with Gasteiger partial charge in [0.15, 0.2) is 0 Å². The molecule has 8 heteroatoms. The molecule has 2 N–H and O–H groups in total. The Labute approximate surface area is 177 Å². The zero-order chi connectivity index (χ0) is 21.7. The molecule has 6 nitrogen and oxygen atoms in total. The van der Waals surface area contributed by atoms with Gasteiger partial charge in [-0.1, -0.05) is 23.7 Å². The lowest BCUT2D eigenvalue weighted by atomic mass is 10.1. The van der Waals surface area contributed by atoms with Crippen LogP contribution in [0.2, 0.25) is 5.02 Å². The van der Waals surface area contributed by atoms with Crippen LogP contribution in [-0.2, 0) is 6.61 Å². The molecule has 0 saturated carbocycles. The Morgan fingerprint density at radius 2 is 1.83 bits per heavy atom. The Balaban J connectivity index is 1.73. The van der Waals surface area contributed by atoms with Gasteiger partial charge < -0.3 is 15.2 Å². The van der Waals surface area contributed by atoms with Gasteiger partial charge in [0.25, 0.3) is 5.91 Å². The summed E-state index contributed by atoms with van der Waals surface area (Å²) in [6.07, 6.45) is 1.02. The van der Waals surface area contributed by atoms with Crippen molar-refractivity contribution >= 4 is 23.5 Å². The first-order valence-corrected chi connectivity index (χ1v) is 9.38. The number of carbonyl (C=O) groups excluding carboxylic acids is 1. The maximum absolute atomic E-state index is 13.7. The maximum atomic E-state index is 13.7. The lowest BCUT2D eigenvalue weighted by molar-refractivity contribution is 0.0696. The molecule has 1 atom stereocenters. The number of nitrogens with zero attached hydrogens (tertiary/aromatic N) is 1. The number of ether oxygens (including phenoxy) is 1. The molecule has 3 aromatic rings. The van der Waals surface area contributed by atoms with Crippen molar-refractivity contribution in [2.45, 2.75) is 19.6 Å². The fraction of sp³-hybridized carbons (Fsp3) is 0.136. The highest BCUT2D eigenvalue weighted by Crippen LogP contribution is 2.19. The van der Waals surface area contributed by atoms with Crippen molar-refractivity contribution in [3.05, 3.63) is 94.0 Å². The van der Waals surface area contributed by atoms with E-state index in [1.54, 1.807) is 43.3 Å². The SMILES string of the molecule is C[C@H](NC(=O)c1cc(F)cnc1COc1ccc(Cl)cc1)c1ccc(C(=O)O)cc1. The number of aromatic nitrogens is 1. The largest absolute Gasteiger partial charge is 0.487 e. The number of nitrogens with one attached hydrogen (secondary N) is 1. The third-order valence-corrected chi connectivity index (χ3v) is 4.63. The highest BCUT2D eigenvalue weighted by atomic mass is 35.5. The van der Waals surface area contributed by atoms with Crippen molar-refractivity contribution < 1.29 is 23.8 Å². The molecule has 3 rings (SSSR count). The molecule has 154 valence electrons. The number of hydrogen-bond donors (Lipinski definition) is 2. The molecule has 0 spiro atoms. The first kappa shape index (κ1) is 21.3. The molecule has 1 aromatic heterocycles. The predicted octanol–water partition coefficient (Wildman–Crippen LogP) is 4.64. The van der Waals surface area contributed by atoms with E-state index in [-0.39, 0.29) is 23.4 Å². The van der Waals surface area contributed by atoms with Gasteiger partial charge in [-0.3, -0.25) is 9.78 Å². The van der Waals surface area contributed by atoms with Crippen LogP contribution in [0.1, 0.15) is 44.9 Å². The zero-order valence-electron chi connectivity index (χ0n) is 15.9. The molecule has 0 bridgehead atoms. The Morgan fingerprint density at radius 3 is 2.47 bits per heavy atom. The van der Waals surface area contributed by atoms with Crippen molar-refractivity contribution in [1.82, 2.24) is 10.3 Å². The highest BCUT2D eigenvalue weighted by molar-refractivity contribution is 6.30. The van der Waals surface area contributed by atoms with E-state index in [9.17, 15) is 14.0 Å². The first-order chi connectivity index (χ1) is 14.3. The summed E-state index contributed by atoms with van der Waals surface area (Å²) in [5.74, 6) is -1.67. The van der Waals surface area contributed by atoms with Crippen LogP contribution in [0, 0.1) is 5.82 Å². The fourth-order valence-corrected chi connectivity index (χ4v) is 2.86. The highest BCUT2D eigenvalue weighted by Gasteiger charge is 2.18. The summed E-state index contributed by atoms with van der Waals surface area (Å²) in [7, 11) is 0. The van der Waals surface area contributed by atoms with E-state index in [0.717, 1.165) is 12.3 Å². The van der Waals surface area contributed by atoms with Crippen molar-refractivity contribution in [3.63, 3.8) is 0 Å². The molecular formula is C22H18ClFN2O4. The van der Waals surface area contributed by atoms with Gasteiger partial charge in [-0.15, -0.1) is 0 Å². The molecular weight excluding hydrogens is 411 g/mol. The third kappa shape index (κ3) is 5.33. The van der Waals surface area contributed by atoms with E-state index in [1.165, 1.54) is 12.1 Å². The first-order valence-electron chi connectivity index (χ1n) is 9.00. The van der Waals surface area contributed by atoms with E-state index in [1.807, 2.05) is 0 Å². The summed E-state index contributed by atoms with van der Waals surface area (Å²) >= 11 is 5.84. The summed E-state index contributed by atoms with van der Waals surface area (Å²) in [5, 5.41) is 12.3. The van der Waals surface area contributed by atoms with Crippen LogP contribution in [0.4, 0.5) is 4.39 Å². The number of carbonyl (C=O) groups is 2. The van der Waals surface area contributed by atoms with Crippen molar-refractivity contribution in [1.29, 1.82) is 0 Å². The fourth-order valence-electron chi connectivity index (χ4n) is 2.73. The summed E-state index contributed by atoms with van der Waals surface area (Å²) in [6, 6.07) is 13.5. The number of carboxylic acids is 1. The molecule has 1 amide bonds. The number of aromatic carboxylic acids is 1. The van der Waals surface area contributed by atoms with E-state index < -0.39 is 23.7 Å². The van der Waals surface area contributed by atoms with Crippen molar-refractivity contribution in [2.75, 3.05) is 0 Å². The minimum Gasteiger partial charge on any atom is -0.487 e. The lowest BCUT2D eigenvalue weighted by Crippen LogP contribution is -2.28. The van der Waals surface area contributed by atoms with Crippen LogP contribution < -0.4 is 10.1 Å². The molecule has 0 unspecified atom stereocenters. The van der Waals surface area contributed by atoms with Crippen LogP contribution in [-0.4, -0.2) is 22.0 Å². The minimum absolute atomic E-state index is 0.0354. The number of benzene rings is 2. The molecule has 0 radical (unpaired) electrons. The molecule has 0 aliphatic heterocycles. The average Bonchev–Trinajstić information content (AvgIpc) is 2.74. The topological polar surface area (TPSA) is 88.5 Å². The second-order valence-electron chi connectivity index (χ2n) is 6.51. The molecule has 2 aromatic carbocycles. The van der Waals surface area contributed by atoms with Gasteiger partial charge in [-0.2, -0.15) is 0 Å². The zero-order valence-corrected chi connectivity index (χ0v) is 16.7. The van der Waals surface area contributed by atoms with E-state index in [0.29, 0.717) is 16.3 Å². The molecule has 0 aliphatic rings. The lowest BCUT2D eigenvalue weighted by Gasteiger charge is -2.16. The predicted molar refractivity (Wildman–Crippen MR) is 109 cm³/mol. The van der Waals surface area contributed by atoms with Gasteiger partial charge in [-0.05, 0) is 55.0 Å². The monoisotopic (exact) mass is 428 g/mol.